The minimum absolute atomic E-state index is 0.431. The van der Waals surface area contributed by atoms with Gasteiger partial charge in [0, 0.05) is 18.9 Å². The van der Waals surface area contributed by atoms with Gasteiger partial charge in [0.25, 0.3) is 0 Å². The molecule has 0 saturated heterocycles. The molecule has 2 aromatic rings. The molecule has 96 valence electrons. The summed E-state index contributed by atoms with van der Waals surface area (Å²) < 4.78 is 1.93. The summed E-state index contributed by atoms with van der Waals surface area (Å²) in [6, 6.07) is 10.8. The van der Waals surface area contributed by atoms with Crippen LogP contribution in [0.2, 0.25) is 0 Å². The second kappa shape index (κ2) is 5.83. The number of benzene rings is 1. The predicted molar refractivity (Wildman–Crippen MR) is 74.5 cm³/mol. The predicted octanol–water partition coefficient (Wildman–Crippen LogP) is 2.40. The normalized spacial score (nSPS) is 12.6. The first-order valence-corrected chi connectivity index (χ1v) is 6.44. The monoisotopic (exact) mass is 243 g/mol. The molecule has 0 fully saturated rings. The molecule has 1 heterocycles. The van der Waals surface area contributed by atoms with Crippen molar-refractivity contribution in [3.63, 3.8) is 0 Å². The summed E-state index contributed by atoms with van der Waals surface area (Å²) >= 11 is 0. The van der Waals surface area contributed by atoms with Crippen LogP contribution in [0.1, 0.15) is 29.2 Å². The largest absolute Gasteiger partial charge is 0.330 e. The van der Waals surface area contributed by atoms with Gasteiger partial charge in [0.1, 0.15) is 0 Å². The molecule has 0 radical (unpaired) electrons. The molecule has 1 unspecified atom stereocenters. The molecule has 1 aromatic heterocycles. The van der Waals surface area contributed by atoms with Crippen LogP contribution in [-0.4, -0.2) is 16.3 Å². The van der Waals surface area contributed by atoms with Gasteiger partial charge in [-0.25, -0.2) is 0 Å². The third kappa shape index (κ3) is 2.99. The first-order chi connectivity index (χ1) is 8.70. The first-order valence-electron chi connectivity index (χ1n) is 6.44. The van der Waals surface area contributed by atoms with Crippen molar-refractivity contribution < 1.29 is 0 Å². The molecular formula is C15H21N3. The van der Waals surface area contributed by atoms with Crippen LogP contribution in [0.25, 0.3) is 0 Å². The highest BCUT2D eigenvalue weighted by molar-refractivity contribution is 5.25. The second-order valence-electron chi connectivity index (χ2n) is 4.83. The highest BCUT2D eigenvalue weighted by Gasteiger charge is 2.10. The first kappa shape index (κ1) is 12.8. The third-order valence-electron chi connectivity index (χ3n) is 3.50. The summed E-state index contributed by atoms with van der Waals surface area (Å²) in [7, 11) is 1.98. The fourth-order valence-corrected chi connectivity index (χ4v) is 2.23. The van der Waals surface area contributed by atoms with Gasteiger partial charge in [0.15, 0.2) is 0 Å². The minimum Gasteiger partial charge on any atom is -0.330 e. The fourth-order valence-electron chi connectivity index (χ4n) is 2.23. The molecule has 18 heavy (non-hydrogen) atoms. The van der Waals surface area contributed by atoms with Crippen molar-refractivity contribution in [2.75, 3.05) is 6.54 Å². The number of aromatic nitrogens is 2. The van der Waals surface area contributed by atoms with Crippen molar-refractivity contribution in [1.29, 1.82) is 0 Å². The van der Waals surface area contributed by atoms with Crippen LogP contribution in [0.15, 0.2) is 36.5 Å². The van der Waals surface area contributed by atoms with Crippen molar-refractivity contribution in [2.45, 2.75) is 25.7 Å². The van der Waals surface area contributed by atoms with Crippen LogP contribution < -0.4 is 5.73 Å². The van der Waals surface area contributed by atoms with Gasteiger partial charge < -0.3 is 5.73 Å². The molecular weight excluding hydrogens is 222 g/mol. The van der Waals surface area contributed by atoms with Gasteiger partial charge in [0.05, 0.1) is 0 Å². The van der Waals surface area contributed by atoms with E-state index in [2.05, 4.69) is 42.4 Å². The second-order valence-corrected chi connectivity index (χ2v) is 4.83. The topological polar surface area (TPSA) is 43.8 Å². The van der Waals surface area contributed by atoms with Gasteiger partial charge in [-0.1, -0.05) is 29.8 Å². The van der Waals surface area contributed by atoms with Gasteiger partial charge in [0.2, 0.25) is 0 Å². The molecule has 2 N–H and O–H groups in total. The van der Waals surface area contributed by atoms with E-state index in [9.17, 15) is 0 Å². The van der Waals surface area contributed by atoms with E-state index in [0.717, 1.165) is 12.8 Å². The van der Waals surface area contributed by atoms with Crippen LogP contribution in [0, 0.1) is 6.92 Å². The zero-order valence-corrected chi connectivity index (χ0v) is 11.1. The van der Waals surface area contributed by atoms with E-state index in [-0.39, 0.29) is 0 Å². The summed E-state index contributed by atoms with van der Waals surface area (Å²) in [5.74, 6) is 0.431. The lowest BCUT2D eigenvalue weighted by Crippen LogP contribution is -2.14. The molecule has 2 rings (SSSR count). The van der Waals surface area contributed by atoms with Gasteiger partial charge in [-0.15, -0.1) is 0 Å². The van der Waals surface area contributed by atoms with Crippen LogP contribution in [0.5, 0.6) is 0 Å². The number of nitrogens with two attached hydrogens (primary N) is 1. The van der Waals surface area contributed by atoms with Gasteiger partial charge in [-0.05, 0) is 43.9 Å². The van der Waals surface area contributed by atoms with Gasteiger partial charge >= 0.3 is 0 Å². The zero-order chi connectivity index (χ0) is 13.0. The summed E-state index contributed by atoms with van der Waals surface area (Å²) in [5, 5.41) is 4.19. The molecule has 0 aliphatic heterocycles. The molecule has 0 amide bonds. The van der Waals surface area contributed by atoms with E-state index >= 15 is 0 Å². The molecule has 1 atom stereocenters. The van der Waals surface area contributed by atoms with Crippen molar-refractivity contribution in [3.8, 4) is 0 Å². The molecule has 1 aromatic carbocycles. The Morgan fingerprint density at radius 2 is 1.94 bits per heavy atom. The van der Waals surface area contributed by atoms with Crippen LogP contribution in [0.4, 0.5) is 0 Å². The molecule has 0 aliphatic rings. The Kier molecular flexibility index (Phi) is 4.15. The quantitative estimate of drug-likeness (QED) is 0.876. The molecule has 0 saturated carbocycles. The van der Waals surface area contributed by atoms with Gasteiger partial charge in [-0.2, -0.15) is 5.10 Å². The number of nitrogens with zero attached hydrogens (tertiary/aromatic N) is 2. The van der Waals surface area contributed by atoms with Crippen molar-refractivity contribution in [1.82, 2.24) is 9.78 Å². The maximum absolute atomic E-state index is 5.90. The Morgan fingerprint density at radius 3 is 2.50 bits per heavy atom. The van der Waals surface area contributed by atoms with E-state index < -0.39 is 0 Å². The standard InChI is InChI=1S/C15H21N3/c1-12-3-5-13(6-4-12)14(11-16)7-8-15-9-10-17-18(15)2/h3-6,9-10,14H,7-8,11,16H2,1-2H3. The average molecular weight is 243 g/mol. The van der Waals surface area contributed by atoms with Gasteiger partial charge in [-0.3, -0.25) is 4.68 Å². The lowest BCUT2D eigenvalue weighted by Gasteiger charge is -2.15. The SMILES string of the molecule is Cc1ccc(C(CN)CCc2ccnn2C)cc1. The molecule has 0 spiro atoms. The maximum atomic E-state index is 5.90. The zero-order valence-electron chi connectivity index (χ0n) is 11.1. The average Bonchev–Trinajstić information content (AvgIpc) is 2.78. The maximum Gasteiger partial charge on any atom is 0.0492 e. The van der Waals surface area contributed by atoms with E-state index in [0.29, 0.717) is 12.5 Å². The summed E-state index contributed by atoms with van der Waals surface area (Å²) in [6.07, 6.45) is 3.93. The highest BCUT2D eigenvalue weighted by atomic mass is 15.2. The van der Waals surface area contributed by atoms with Crippen LogP contribution in [-0.2, 0) is 13.5 Å². The van der Waals surface area contributed by atoms with Crippen LogP contribution in [0.3, 0.4) is 0 Å². The van der Waals surface area contributed by atoms with Crippen LogP contribution >= 0.6 is 0 Å². The van der Waals surface area contributed by atoms with E-state index in [1.807, 2.05) is 17.9 Å². The minimum atomic E-state index is 0.431. The van der Waals surface area contributed by atoms with Crippen molar-refractivity contribution in [3.05, 3.63) is 53.3 Å². The Labute approximate surface area is 109 Å². The lowest BCUT2D eigenvalue weighted by molar-refractivity contribution is 0.603. The Balaban J connectivity index is 2.01. The molecule has 3 nitrogen and oxygen atoms in total. The van der Waals surface area contributed by atoms with Crippen molar-refractivity contribution in [2.24, 2.45) is 12.8 Å². The number of rotatable bonds is 5. The molecule has 3 heteroatoms. The highest BCUT2D eigenvalue weighted by Crippen LogP contribution is 2.21. The number of hydrogen-bond donors (Lipinski definition) is 1. The Hall–Kier alpha value is -1.61. The Bertz CT molecular complexity index is 485. The summed E-state index contributed by atoms with van der Waals surface area (Å²) in [6.45, 7) is 2.80. The molecule has 0 aliphatic carbocycles. The van der Waals surface area contributed by atoms with Crippen molar-refractivity contribution >= 4 is 0 Å². The summed E-state index contributed by atoms with van der Waals surface area (Å²) in [4.78, 5) is 0. The van der Waals surface area contributed by atoms with E-state index in [1.54, 1.807) is 0 Å². The Morgan fingerprint density at radius 1 is 1.22 bits per heavy atom. The number of aryl methyl sites for hydroxylation is 3. The van der Waals surface area contributed by atoms with E-state index in [4.69, 9.17) is 5.73 Å². The molecule has 0 bridgehead atoms. The number of hydrogen-bond acceptors (Lipinski definition) is 2. The lowest BCUT2D eigenvalue weighted by atomic mass is 9.93. The smallest absolute Gasteiger partial charge is 0.0492 e. The van der Waals surface area contributed by atoms with E-state index in [1.165, 1.54) is 16.8 Å². The fraction of sp³-hybridized carbons (Fsp3) is 0.400. The summed E-state index contributed by atoms with van der Waals surface area (Å²) in [5.41, 5.74) is 9.79. The third-order valence-corrected chi connectivity index (χ3v) is 3.50.